The molecule has 0 N–H and O–H groups in total. The second-order valence-electron chi connectivity index (χ2n) is 3.79. The number of halogens is 1. The number of amides is 3. The van der Waals surface area contributed by atoms with E-state index in [-0.39, 0.29) is 18.4 Å². The number of hydrogen-bond donors (Lipinski definition) is 0. The predicted octanol–water partition coefficient (Wildman–Crippen LogP) is 2.02. The third kappa shape index (κ3) is 2.36. The zero-order valence-electron chi connectivity index (χ0n) is 8.98. The van der Waals surface area contributed by atoms with E-state index in [1.54, 1.807) is 12.1 Å². The average Bonchev–Trinajstić information content (AvgIpc) is 2.29. The second kappa shape index (κ2) is 4.67. The van der Waals surface area contributed by atoms with E-state index in [9.17, 15) is 14.4 Å². The van der Waals surface area contributed by atoms with Crippen LogP contribution in [0.5, 0.6) is 0 Å². The van der Waals surface area contributed by atoms with Crippen molar-refractivity contribution < 1.29 is 14.4 Å². The molecule has 5 heteroatoms. The Balaban J connectivity index is 2.27. The fraction of sp³-hybridized carbons (Fsp3) is 0.250. The monoisotopic (exact) mass is 251 g/mol. The third-order valence-corrected chi connectivity index (χ3v) is 2.83. The van der Waals surface area contributed by atoms with E-state index in [1.165, 1.54) is 12.1 Å². The zero-order chi connectivity index (χ0) is 12.4. The summed E-state index contributed by atoms with van der Waals surface area (Å²) in [5.41, 5.74) is 0.290. The van der Waals surface area contributed by atoms with Crippen molar-refractivity contribution in [1.29, 1.82) is 0 Å². The molecule has 0 unspecified atom stereocenters. The Morgan fingerprint density at radius 1 is 1.06 bits per heavy atom. The number of nitrogens with zero attached hydrogens (tertiary/aromatic N) is 1. The number of carbonyl (C=O) groups is 3. The molecular formula is C12H10ClNO3. The Labute approximate surface area is 103 Å². The number of rotatable bonds is 1. The van der Waals surface area contributed by atoms with Crippen LogP contribution in [-0.4, -0.2) is 22.6 Å². The summed E-state index contributed by atoms with van der Waals surface area (Å²) in [5, 5.41) is 0.498. The van der Waals surface area contributed by atoms with Crippen LogP contribution >= 0.6 is 11.6 Å². The maximum atomic E-state index is 12.0. The molecule has 2 rings (SSSR count). The first-order valence-corrected chi connectivity index (χ1v) is 5.63. The number of piperidine rings is 1. The average molecular weight is 252 g/mol. The molecule has 1 aliphatic heterocycles. The number of benzene rings is 1. The molecule has 1 heterocycles. The van der Waals surface area contributed by atoms with E-state index in [4.69, 9.17) is 11.6 Å². The normalized spacial score (nSPS) is 16.2. The van der Waals surface area contributed by atoms with E-state index in [0.29, 0.717) is 11.4 Å². The molecule has 1 saturated heterocycles. The molecule has 3 amide bonds. The van der Waals surface area contributed by atoms with Gasteiger partial charge >= 0.3 is 0 Å². The fourth-order valence-corrected chi connectivity index (χ4v) is 1.83. The summed E-state index contributed by atoms with van der Waals surface area (Å²) in [4.78, 5) is 35.8. The maximum absolute atomic E-state index is 12.0. The van der Waals surface area contributed by atoms with Crippen LogP contribution in [0.1, 0.15) is 29.6 Å². The van der Waals surface area contributed by atoms with Gasteiger partial charge in [-0.2, -0.15) is 0 Å². The summed E-state index contributed by atoms with van der Waals surface area (Å²) < 4.78 is 0. The standard InChI is InChI=1S/C12H10ClNO3/c13-9-6-4-8(5-7-9)12(17)14-10(15)2-1-3-11(14)16/h4-7H,1-3H2. The quantitative estimate of drug-likeness (QED) is 0.718. The van der Waals surface area contributed by atoms with Crippen molar-refractivity contribution in [2.45, 2.75) is 19.3 Å². The van der Waals surface area contributed by atoms with E-state index >= 15 is 0 Å². The van der Waals surface area contributed by atoms with Crippen LogP contribution in [0.15, 0.2) is 24.3 Å². The van der Waals surface area contributed by atoms with Crippen molar-refractivity contribution in [2.24, 2.45) is 0 Å². The first-order valence-electron chi connectivity index (χ1n) is 5.25. The molecule has 88 valence electrons. The Bertz CT molecular complexity index is 465. The lowest BCUT2D eigenvalue weighted by atomic mass is 10.1. The van der Waals surface area contributed by atoms with E-state index in [1.807, 2.05) is 0 Å². The molecule has 0 radical (unpaired) electrons. The van der Waals surface area contributed by atoms with Gasteiger partial charge in [0.25, 0.3) is 5.91 Å². The Morgan fingerprint density at radius 3 is 2.12 bits per heavy atom. The third-order valence-electron chi connectivity index (χ3n) is 2.57. The first-order chi connectivity index (χ1) is 8.09. The van der Waals surface area contributed by atoms with Crippen LogP contribution in [0.25, 0.3) is 0 Å². The van der Waals surface area contributed by atoms with E-state index in [0.717, 1.165) is 4.90 Å². The number of hydrogen-bond acceptors (Lipinski definition) is 3. The Hall–Kier alpha value is -1.68. The minimum atomic E-state index is -0.573. The van der Waals surface area contributed by atoms with Crippen molar-refractivity contribution in [2.75, 3.05) is 0 Å². The first kappa shape index (κ1) is 11.8. The number of imide groups is 3. The van der Waals surface area contributed by atoms with Gasteiger partial charge in [0.15, 0.2) is 0 Å². The van der Waals surface area contributed by atoms with Crippen LogP contribution in [-0.2, 0) is 9.59 Å². The van der Waals surface area contributed by atoms with Crippen molar-refractivity contribution >= 4 is 29.3 Å². The zero-order valence-corrected chi connectivity index (χ0v) is 9.74. The molecule has 0 aromatic heterocycles. The molecular weight excluding hydrogens is 242 g/mol. The summed E-state index contributed by atoms with van der Waals surface area (Å²) in [6.07, 6.45) is 0.998. The molecule has 1 aromatic rings. The largest absolute Gasteiger partial charge is 0.274 e. The second-order valence-corrected chi connectivity index (χ2v) is 4.22. The molecule has 0 atom stereocenters. The van der Waals surface area contributed by atoms with Crippen LogP contribution in [0.4, 0.5) is 0 Å². The number of likely N-dealkylation sites (tertiary alicyclic amines) is 1. The minimum Gasteiger partial charge on any atom is -0.274 e. The molecule has 0 aliphatic carbocycles. The Morgan fingerprint density at radius 2 is 1.59 bits per heavy atom. The van der Waals surface area contributed by atoms with Gasteiger partial charge in [-0.1, -0.05) is 11.6 Å². The highest BCUT2D eigenvalue weighted by molar-refractivity contribution is 6.30. The van der Waals surface area contributed by atoms with Crippen LogP contribution in [0, 0.1) is 0 Å². The summed E-state index contributed by atoms with van der Waals surface area (Å²) in [7, 11) is 0. The van der Waals surface area contributed by atoms with Gasteiger partial charge in [0, 0.05) is 23.4 Å². The molecule has 1 aliphatic rings. The molecule has 0 bridgehead atoms. The smallest absolute Gasteiger partial charge is 0.267 e. The van der Waals surface area contributed by atoms with Crippen molar-refractivity contribution in [3.8, 4) is 0 Å². The highest BCUT2D eigenvalue weighted by Crippen LogP contribution is 2.17. The van der Waals surface area contributed by atoms with Crippen LogP contribution < -0.4 is 0 Å². The van der Waals surface area contributed by atoms with Crippen LogP contribution in [0.2, 0.25) is 5.02 Å². The highest BCUT2D eigenvalue weighted by Gasteiger charge is 2.32. The summed E-state index contributed by atoms with van der Waals surface area (Å²) in [6, 6.07) is 6.10. The minimum absolute atomic E-state index is 0.241. The molecule has 0 spiro atoms. The van der Waals surface area contributed by atoms with Crippen LogP contribution in [0.3, 0.4) is 0 Å². The lowest BCUT2D eigenvalue weighted by Gasteiger charge is -2.22. The Kier molecular flexibility index (Phi) is 3.24. The van der Waals surface area contributed by atoms with Gasteiger partial charge < -0.3 is 0 Å². The SMILES string of the molecule is O=C1CCCC(=O)N1C(=O)c1ccc(Cl)cc1. The molecule has 1 fully saturated rings. The van der Waals surface area contributed by atoms with Gasteiger partial charge in [-0.15, -0.1) is 0 Å². The molecule has 0 saturated carbocycles. The maximum Gasteiger partial charge on any atom is 0.267 e. The van der Waals surface area contributed by atoms with Gasteiger partial charge in [-0.05, 0) is 30.7 Å². The van der Waals surface area contributed by atoms with Crippen molar-refractivity contribution in [3.05, 3.63) is 34.9 Å². The fourth-order valence-electron chi connectivity index (χ4n) is 1.70. The molecule has 1 aromatic carbocycles. The van der Waals surface area contributed by atoms with Gasteiger partial charge in [-0.25, -0.2) is 4.90 Å². The van der Waals surface area contributed by atoms with E-state index in [2.05, 4.69) is 0 Å². The summed E-state index contributed by atoms with van der Waals surface area (Å²) in [5.74, 6) is -1.43. The molecule has 4 nitrogen and oxygen atoms in total. The van der Waals surface area contributed by atoms with Crippen molar-refractivity contribution in [3.63, 3.8) is 0 Å². The molecule has 17 heavy (non-hydrogen) atoms. The van der Waals surface area contributed by atoms with Gasteiger partial charge in [0.2, 0.25) is 11.8 Å². The number of carbonyl (C=O) groups excluding carboxylic acids is 3. The topological polar surface area (TPSA) is 54.5 Å². The summed E-state index contributed by atoms with van der Waals surface area (Å²) in [6.45, 7) is 0. The van der Waals surface area contributed by atoms with Gasteiger partial charge in [0.1, 0.15) is 0 Å². The van der Waals surface area contributed by atoms with Crippen molar-refractivity contribution in [1.82, 2.24) is 4.90 Å². The van der Waals surface area contributed by atoms with Gasteiger partial charge in [-0.3, -0.25) is 14.4 Å². The lowest BCUT2D eigenvalue weighted by molar-refractivity contribution is -0.144. The van der Waals surface area contributed by atoms with Gasteiger partial charge in [0.05, 0.1) is 0 Å². The predicted molar refractivity (Wildman–Crippen MR) is 61.5 cm³/mol. The summed E-state index contributed by atoms with van der Waals surface area (Å²) >= 11 is 5.70. The highest BCUT2D eigenvalue weighted by atomic mass is 35.5. The lowest BCUT2D eigenvalue weighted by Crippen LogP contribution is -2.44. The van der Waals surface area contributed by atoms with E-state index < -0.39 is 17.7 Å².